The number of ether oxygens (including phenoxy) is 2. The molecule has 0 spiro atoms. The number of carbonyl (C=O) groups is 2. The fourth-order valence-electron chi connectivity index (χ4n) is 4.27. The molecule has 2 aromatic carbocycles. The largest absolute Gasteiger partial charge is 0.495 e. The number of nitrogens with one attached hydrogen (secondary N) is 2. The number of anilines is 2. The Kier molecular flexibility index (Phi) is 6.55. The van der Waals surface area contributed by atoms with E-state index in [-0.39, 0.29) is 35.7 Å². The van der Waals surface area contributed by atoms with Gasteiger partial charge in [-0.25, -0.2) is 8.42 Å². The Morgan fingerprint density at radius 3 is 2.56 bits per heavy atom. The van der Waals surface area contributed by atoms with E-state index in [0.717, 1.165) is 5.56 Å². The van der Waals surface area contributed by atoms with Crippen LogP contribution in [0.5, 0.6) is 11.5 Å². The van der Waals surface area contributed by atoms with Gasteiger partial charge in [0.2, 0.25) is 15.9 Å². The SMILES string of the molecule is COc1ccc(C)cc1NC(=O)C1CCN(S(=O)(=O)c2cc3c(cc2C)NC(=O)[C@@H](C)O3)CC1. The first-order valence-corrected chi connectivity index (χ1v) is 12.6. The van der Waals surface area contributed by atoms with Crippen LogP contribution in [0.25, 0.3) is 0 Å². The Morgan fingerprint density at radius 1 is 1.18 bits per heavy atom. The third-order valence-electron chi connectivity index (χ3n) is 6.26. The van der Waals surface area contributed by atoms with Gasteiger partial charge < -0.3 is 20.1 Å². The van der Waals surface area contributed by atoms with Crippen molar-refractivity contribution < 1.29 is 27.5 Å². The smallest absolute Gasteiger partial charge is 0.265 e. The molecule has 0 saturated carbocycles. The van der Waals surface area contributed by atoms with Gasteiger partial charge in [-0.05, 0) is 62.9 Å². The van der Waals surface area contributed by atoms with Crippen LogP contribution in [0.3, 0.4) is 0 Å². The van der Waals surface area contributed by atoms with Crippen molar-refractivity contribution >= 4 is 33.2 Å². The van der Waals surface area contributed by atoms with Gasteiger partial charge >= 0.3 is 0 Å². The lowest BCUT2D eigenvalue weighted by Gasteiger charge is -2.31. The highest BCUT2D eigenvalue weighted by atomic mass is 32.2. The lowest BCUT2D eigenvalue weighted by Crippen LogP contribution is -2.41. The zero-order valence-electron chi connectivity index (χ0n) is 19.7. The van der Waals surface area contributed by atoms with Crippen LogP contribution in [0.1, 0.15) is 30.9 Å². The number of hydrogen-bond acceptors (Lipinski definition) is 6. The second kappa shape index (κ2) is 9.27. The number of benzene rings is 2. The van der Waals surface area contributed by atoms with E-state index in [2.05, 4.69) is 10.6 Å². The topological polar surface area (TPSA) is 114 Å². The molecule has 2 heterocycles. The zero-order chi connectivity index (χ0) is 24.6. The van der Waals surface area contributed by atoms with E-state index in [4.69, 9.17) is 9.47 Å². The summed E-state index contributed by atoms with van der Waals surface area (Å²) in [4.78, 5) is 24.8. The normalized spacial score (nSPS) is 19.1. The number of amides is 2. The number of carbonyl (C=O) groups excluding carboxylic acids is 2. The molecule has 2 aliphatic rings. The summed E-state index contributed by atoms with van der Waals surface area (Å²) in [7, 11) is -2.24. The first-order chi connectivity index (χ1) is 16.1. The Bertz CT molecular complexity index is 1240. The van der Waals surface area contributed by atoms with E-state index in [1.165, 1.54) is 10.4 Å². The van der Waals surface area contributed by atoms with Crippen LogP contribution in [0.15, 0.2) is 35.2 Å². The van der Waals surface area contributed by atoms with E-state index in [0.29, 0.717) is 41.3 Å². The third kappa shape index (κ3) is 4.60. The number of rotatable bonds is 5. The number of aryl methyl sites for hydroxylation is 2. The van der Waals surface area contributed by atoms with Gasteiger partial charge in [0.25, 0.3) is 5.91 Å². The van der Waals surface area contributed by atoms with Gasteiger partial charge in [-0.15, -0.1) is 0 Å². The van der Waals surface area contributed by atoms with Crippen LogP contribution in [0.2, 0.25) is 0 Å². The van der Waals surface area contributed by atoms with E-state index >= 15 is 0 Å². The molecule has 2 aliphatic heterocycles. The van der Waals surface area contributed by atoms with Gasteiger partial charge in [0.05, 0.1) is 23.4 Å². The number of nitrogens with zero attached hydrogens (tertiary/aromatic N) is 1. The molecular formula is C24H29N3O6S. The van der Waals surface area contributed by atoms with Crippen LogP contribution in [-0.2, 0) is 19.6 Å². The van der Waals surface area contributed by atoms with Crippen molar-refractivity contribution in [3.63, 3.8) is 0 Å². The predicted octanol–water partition coefficient (Wildman–Crippen LogP) is 3.07. The Morgan fingerprint density at radius 2 is 1.88 bits per heavy atom. The first-order valence-electron chi connectivity index (χ1n) is 11.2. The Balaban J connectivity index is 1.46. The maximum absolute atomic E-state index is 13.4. The van der Waals surface area contributed by atoms with Gasteiger partial charge in [-0.3, -0.25) is 9.59 Å². The van der Waals surface area contributed by atoms with Crippen LogP contribution in [-0.4, -0.2) is 50.8 Å². The molecule has 0 aliphatic carbocycles. The molecule has 2 N–H and O–H groups in total. The highest BCUT2D eigenvalue weighted by molar-refractivity contribution is 7.89. The van der Waals surface area contributed by atoms with Gasteiger partial charge in [0.1, 0.15) is 11.5 Å². The molecule has 0 bridgehead atoms. The minimum absolute atomic E-state index is 0.141. The molecule has 1 saturated heterocycles. The fraction of sp³-hybridized carbons (Fsp3) is 0.417. The van der Waals surface area contributed by atoms with Gasteiger partial charge in [0.15, 0.2) is 6.10 Å². The highest BCUT2D eigenvalue weighted by Gasteiger charge is 2.34. The van der Waals surface area contributed by atoms with E-state index < -0.39 is 16.1 Å². The molecule has 2 aromatic rings. The average molecular weight is 488 g/mol. The second-order valence-electron chi connectivity index (χ2n) is 8.73. The standard InChI is InChI=1S/C24H29N3O6S/c1-14-5-6-20(32-4)18(11-14)26-24(29)17-7-9-27(10-8-17)34(30,31)22-13-21-19(12-15(22)2)25-23(28)16(3)33-21/h5-6,11-13,16-17H,7-10H2,1-4H3,(H,25,28)(H,26,29)/t16-/m1/s1. The maximum atomic E-state index is 13.4. The van der Waals surface area contributed by atoms with Crippen molar-refractivity contribution in [3.05, 3.63) is 41.5 Å². The molecule has 4 rings (SSSR count). The summed E-state index contributed by atoms with van der Waals surface area (Å²) in [6, 6.07) is 8.64. The van der Waals surface area contributed by atoms with E-state index in [1.54, 1.807) is 33.1 Å². The second-order valence-corrected chi connectivity index (χ2v) is 10.6. The quantitative estimate of drug-likeness (QED) is 0.670. The Labute approximate surface area is 199 Å². The van der Waals surface area contributed by atoms with Crippen molar-refractivity contribution in [1.29, 1.82) is 0 Å². The van der Waals surface area contributed by atoms with Gasteiger partial charge in [-0.2, -0.15) is 4.31 Å². The molecule has 1 fully saturated rings. The summed E-state index contributed by atoms with van der Waals surface area (Å²) >= 11 is 0. The molecule has 2 amide bonds. The van der Waals surface area contributed by atoms with Gasteiger partial charge in [-0.1, -0.05) is 6.07 Å². The van der Waals surface area contributed by atoms with Crippen molar-refractivity contribution in [2.75, 3.05) is 30.8 Å². The van der Waals surface area contributed by atoms with Crippen molar-refractivity contribution in [2.45, 2.75) is 44.6 Å². The molecular weight excluding hydrogens is 458 g/mol. The highest BCUT2D eigenvalue weighted by Crippen LogP contribution is 2.36. The predicted molar refractivity (Wildman–Crippen MR) is 128 cm³/mol. The zero-order valence-corrected chi connectivity index (χ0v) is 20.5. The molecule has 34 heavy (non-hydrogen) atoms. The number of methoxy groups -OCH3 is 1. The number of piperidine rings is 1. The molecule has 1 atom stereocenters. The Hall–Kier alpha value is -3.11. The monoisotopic (exact) mass is 487 g/mol. The minimum Gasteiger partial charge on any atom is -0.495 e. The van der Waals surface area contributed by atoms with Crippen LogP contribution < -0.4 is 20.1 Å². The number of fused-ring (bicyclic) bond motifs is 1. The summed E-state index contributed by atoms with van der Waals surface area (Å²) in [5.74, 6) is 0.183. The summed E-state index contributed by atoms with van der Waals surface area (Å²) < 4.78 is 39.1. The molecule has 0 aromatic heterocycles. The average Bonchev–Trinajstić information content (AvgIpc) is 2.80. The summed E-state index contributed by atoms with van der Waals surface area (Å²) in [6.45, 7) is 5.69. The molecule has 10 heteroatoms. The summed E-state index contributed by atoms with van der Waals surface area (Å²) in [5, 5.41) is 5.66. The van der Waals surface area contributed by atoms with Gasteiger partial charge in [0, 0.05) is 25.1 Å². The molecule has 182 valence electrons. The van der Waals surface area contributed by atoms with E-state index in [9.17, 15) is 18.0 Å². The first kappa shape index (κ1) is 24.0. The lowest BCUT2D eigenvalue weighted by molar-refractivity contribution is -0.123. The molecule has 0 radical (unpaired) electrons. The summed E-state index contributed by atoms with van der Waals surface area (Å²) in [5.41, 5.74) is 2.58. The van der Waals surface area contributed by atoms with E-state index in [1.807, 2.05) is 19.1 Å². The van der Waals surface area contributed by atoms with Crippen molar-refractivity contribution in [1.82, 2.24) is 4.31 Å². The number of sulfonamides is 1. The van der Waals surface area contributed by atoms with Crippen molar-refractivity contribution in [3.8, 4) is 11.5 Å². The molecule has 0 unspecified atom stereocenters. The third-order valence-corrected chi connectivity index (χ3v) is 8.30. The lowest BCUT2D eigenvalue weighted by atomic mass is 9.97. The summed E-state index contributed by atoms with van der Waals surface area (Å²) in [6.07, 6.45) is 0.117. The van der Waals surface area contributed by atoms with Crippen LogP contribution >= 0.6 is 0 Å². The van der Waals surface area contributed by atoms with Crippen LogP contribution in [0, 0.1) is 19.8 Å². The maximum Gasteiger partial charge on any atom is 0.265 e. The fourth-order valence-corrected chi connectivity index (χ4v) is 5.96. The molecule has 9 nitrogen and oxygen atoms in total. The van der Waals surface area contributed by atoms with Crippen LogP contribution in [0.4, 0.5) is 11.4 Å². The number of hydrogen-bond donors (Lipinski definition) is 2. The minimum atomic E-state index is -3.79. The van der Waals surface area contributed by atoms with Crippen molar-refractivity contribution in [2.24, 2.45) is 5.92 Å².